The molecule has 132 valence electrons. The fourth-order valence-electron chi connectivity index (χ4n) is 2.57. The number of amides is 1. The molecule has 0 radical (unpaired) electrons. The van der Waals surface area contributed by atoms with Crippen molar-refractivity contribution < 1.29 is 19.2 Å². The molecule has 0 saturated carbocycles. The molecule has 3 rings (SSSR count). The number of carbonyl (C=O) groups excluding carboxylic acids is 1. The van der Waals surface area contributed by atoms with E-state index in [0.29, 0.717) is 28.3 Å². The van der Waals surface area contributed by atoms with Gasteiger partial charge in [0.2, 0.25) is 0 Å². The summed E-state index contributed by atoms with van der Waals surface area (Å²) < 4.78 is 5.49. The van der Waals surface area contributed by atoms with Crippen LogP contribution in [0.25, 0.3) is 11.3 Å². The minimum atomic E-state index is -0.482. The Kier molecular flexibility index (Phi) is 4.81. The van der Waals surface area contributed by atoms with Crippen LogP contribution in [-0.4, -0.2) is 15.9 Å². The van der Waals surface area contributed by atoms with Crippen LogP contribution in [0.5, 0.6) is 0 Å². The lowest BCUT2D eigenvalue weighted by Crippen LogP contribution is -2.12. The van der Waals surface area contributed by atoms with Crippen molar-refractivity contribution in [3.63, 3.8) is 0 Å². The van der Waals surface area contributed by atoms with Crippen LogP contribution in [0.4, 0.5) is 11.4 Å². The highest BCUT2D eigenvalue weighted by atomic mass is 16.6. The second-order valence-corrected chi connectivity index (χ2v) is 5.72. The Balaban J connectivity index is 1.80. The highest BCUT2D eigenvalue weighted by Crippen LogP contribution is 2.25. The zero-order valence-corrected chi connectivity index (χ0v) is 13.9. The first kappa shape index (κ1) is 17.4. The minimum absolute atomic E-state index is 0.0268. The van der Waals surface area contributed by atoms with Gasteiger partial charge in [-0.25, -0.2) is 0 Å². The summed E-state index contributed by atoms with van der Waals surface area (Å²) in [5.41, 5.74) is 2.04. The van der Waals surface area contributed by atoms with E-state index in [4.69, 9.17) is 9.52 Å². The summed E-state index contributed by atoms with van der Waals surface area (Å²) >= 11 is 0. The smallest absolute Gasteiger partial charge is 0.272 e. The van der Waals surface area contributed by atoms with Crippen LogP contribution in [0.15, 0.2) is 59.0 Å². The maximum Gasteiger partial charge on any atom is 0.272 e. The van der Waals surface area contributed by atoms with Crippen LogP contribution in [0.3, 0.4) is 0 Å². The summed E-state index contributed by atoms with van der Waals surface area (Å²) in [5, 5.41) is 22.7. The first-order chi connectivity index (χ1) is 12.5. The van der Waals surface area contributed by atoms with Gasteiger partial charge in [0, 0.05) is 28.4 Å². The van der Waals surface area contributed by atoms with Gasteiger partial charge in [0.05, 0.1) is 4.92 Å². The quantitative estimate of drug-likeness (QED) is 0.535. The van der Waals surface area contributed by atoms with E-state index < -0.39 is 4.92 Å². The number of rotatable bonds is 5. The highest BCUT2D eigenvalue weighted by molar-refractivity contribution is 6.04. The van der Waals surface area contributed by atoms with Crippen LogP contribution in [0.2, 0.25) is 0 Å². The molecule has 3 aromatic rings. The van der Waals surface area contributed by atoms with Crippen molar-refractivity contribution >= 4 is 17.3 Å². The van der Waals surface area contributed by atoms with E-state index in [-0.39, 0.29) is 18.2 Å². The molecule has 0 fully saturated rings. The molecule has 2 N–H and O–H groups in total. The fourth-order valence-corrected chi connectivity index (χ4v) is 2.57. The first-order valence-corrected chi connectivity index (χ1v) is 7.84. The molecule has 0 aliphatic rings. The van der Waals surface area contributed by atoms with Crippen LogP contribution >= 0.6 is 0 Å². The van der Waals surface area contributed by atoms with Gasteiger partial charge in [-0.05, 0) is 43.3 Å². The number of hydrogen-bond donors (Lipinski definition) is 2. The number of carbonyl (C=O) groups is 1. The number of nitrogens with one attached hydrogen (secondary N) is 1. The van der Waals surface area contributed by atoms with Crippen molar-refractivity contribution in [2.24, 2.45) is 0 Å². The van der Waals surface area contributed by atoms with E-state index in [1.54, 1.807) is 37.3 Å². The Hall–Kier alpha value is -3.45. The lowest BCUT2D eigenvalue weighted by Gasteiger charge is -2.07. The van der Waals surface area contributed by atoms with E-state index in [0.717, 1.165) is 5.56 Å². The molecule has 0 aliphatic heterocycles. The highest BCUT2D eigenvalue weighted by Gasteiger charge is 2.14. The summed E-state index contributed by atoms with van der Waals surface area (Å²) in [6.07, 6.45) is 0. The zero-order valence-electron chi connectivity index (χ0n) is 13.9. The van der Waals surface area contributed by atoms with Crippen LogP contribution in [0, 0.1) is 17.0 Å². The molecule has 2 aromatic carbocycles. The summed E-state index contributed by atoms with van der Waals surface area (Å²) in [6.45, 7) is 1.40. The van der Waals surface area contributed by atoms with Crippen molar-refractivity contribution in [1.82, 2.24) is 0 Å². The maximum absolute atomic E-state index is 12.4. The van der Waals surface area contributed by atoms with E-state index in [1.807, 2.05) is 6.07 Å². The number of nitro benzene ring substituents is 1. The number of nitrogens with zero attached hydrogens (tertiary/aromatic N) is 1. The summed E-state index contributed by atoms with van der Waals surface area (Å²) in [7, 11) is 0. The molecule has 26 heavy (non-hydrogen) atoms. The fraction of sp³-hybridized carbons (Fsp3) is 0.105. The lowest BCUT2D eigenvalue weighted by atomic mass is 10.1. The Morgan fingerprint density at radius 2 is 2.00 bits per heavy atom. The van der Waals surface area contributed by atoms with Crippen molar-refractivity contribution in [3.8, 4) is 11.3 Å². The molecule has 1 amide bonds. The molecule has 0 spiro atoms. The van der Waals surface area contributed by atoms with E-state index in [2.05, 4.69) is 5.32 Å². The molecular weight excluding hydrogens is 336 g/mol. The second-order valence-electron chi connectivity index (χ2n) is 5.72. The van der Waals surface area contributed by atoms with Gasteiger partial charge in [0.15, 0.2) is 0 Å². The number of furan rings is 1. The Morgan fingerprint density at radius 1 is 1.19 bits per heavy atom. The average Bonchev–Trinajstić information content (AvgIpc) is 3.10. The number of nitro groups is 1. The molecule has 0 atom stereocenters. The Morgan fingerprint density at radius 3 is 2.65 bits per heavy atom. The predicted octanol–water partition coefficient (Wildman–Crippen LogP) is 3.91. The second kappa shape index (κ2) is 7.20. The van der Waals surface area contributed by atoms with Gasteiger partial charge in [-0.2, -0.15) is 0 Å². The van der Waals surface area contributed by atoms with E-state index in [1.165, 1.54) is 18.2 Å². The van der Waals surface area contributed by atoms with E-state index in [9.17, 15) is 14.9 Å². The summed E-state index contributed by atoms with van der Waals surface area (Å²) in [6, 6.07) is 14.7. The normalized spacial score (nSPS) is 10.5. The Bertz CT molecular complexity index is 978. The molecule has 1 heterocycles. The number of hydrogen-bond acceptors (Lipinski definition) is 5. The van der Waals surface area contributed by atoms with Crippen LogP contribution in [-0.2, 0) is 6.61 Å². The molecule has 7 heteroatoms. The van der Waals surface area contributed by atoms with E-state index >= 15 is 0 Å². The molecule has 0 unspecified atom stereocenters. The largest absolute Gasteiger partial charge is 0.459 e. The molecule has 7 nitrogen and oxygen atoms in total. The van der Waals surface area contributed by atoms with Crippen molar-refractivity contribution in [3.05, 3.63) is 81.6 Å². The minimum Gasteiger partial charge on any atom is -0.459 e. The number of aryl methyl sites for hydroxylation is 1. The third kappa shape index (κ3) is 3.62. The number of aliphatic hydroxyl groups is 1. The Labute approximate surface area is 149 Å². The number of aliphatic hydroxyl groups excluding tert-OH is 1. The maximum atomic E-state index is 12.4. The topological polar surface area (TPSA) is 106 Å². The van der Waals surface area contributed by atoms with Crippen molar-refractivity contribution in [1.29, 1.82) is 0 Å². The van der Waals surface area contributed by atoms with Crippen molar-refractivity contribution in [2.75, 3.05) is 5.32 Å². The van der Waals surface area contributed by atoms with Crippen LogP contribution in [0.1, 0.15) is 21.7 Å². The first-order valence-electron chi connectivity index (χ1n) is 7.84. The molecule has 0 aliphatic carbocycles. The van der Waals surface area contributed by atoms with Gasteiger partial charge in [-0.15, -0.1) is 0 Å². The lowest BCUT2D eigenvalue weighted by molar-refractivity contribution is -0.385. The van der Waals surface area contributed by atoms with Gasteiger partial charge < -0.3 is 14.8 Å². The third-order valence-electron chi connectivity index (χ3n) is 3.88. The summed E-state index contributed by atoms with van der Waals surface area (Å²) in [5.74, 6) is 0.669. The van der Waals surface area contributed by atoms with Crippen LogP contribution < -0.4 is 5.32 Å². The molecule has 1 aromatic heterocycles. The molecule has 0 saturated heterocycles. The number of anilines is 1. The SMILES string of the molecule is Cc1cc(C(=O)Nc2cccc(-c3ccc(CO)o3)c2)ccc1[N+](=O)[O-]. The monoisotopic (exact) mass is 352 g/mol. The predicted molar refractivity (Wildman–Crippen MR) is 95.9 cm³/mol. The van der Waals surface area contributed by atoms with Gasteiger partial charge in [-0.1, -0.05) is 12.1 Å². The van der Waals surface area contributed by atoms with Gasteiger partial charge in [0.1, 0.15) is 18.1 Å². The summed E-state index contributed by atoms with van der Waals surface area (Å²) in [4.78, 5) is 22.8. The molecule has 0 bridgehead atoms. The third-order valence-corrected chi connectivity index (χ3v) is 3.88. The van der Waals surface area contributed by atoms with Crippen molar-refractivity contribution in [2.45, 2.75) is 13.5 Å². The van der Waals surface area contributed by atoms with Gasteiger partial charge >= 0.3 is 0 Å². The van der Waals surface area contributed by atoms with Gasteiger partial charge in [-0.3, -0.25) is 14.9 Å². The standard InChI is InChI=1S/C19H16N2O5/c1-12-9-14(5-7-17(12)21(24)25)19(23)20-15-4-2-3-13(10-15)18-8-6-16(11-22)26-18/h2-10,22H,11H2,1H3,(H,20,23). The zero-order chi connectivity index (χ0) is 18.7. The van der Waals surface area contributed by atoms with Gasteiger partial charge in [0.25, 0.3) is 11.6 Å². The average molecular weight is 352 g/mol. The number of benzene rings is 2. The molecular formula is C19H16N2O5.